The van der Waals surface area contributed by atoms with Crippen LogP contribution in [0, 0.1) is 6.92 Å². The van der Waals surface area contributed by atoms with Crippen LogP contribution in [-0.4, -0.2) is 12.6 Å². The molecule has 0 unspecified atom stereocenters. The van der Waals surface area contributed by atoms with Gasteiger partial charge in [-0.15, -0.1) is 12.4 Å². The Kier molecular flexibility index (Phi) is 7.19. The number of carbonyl (C=O) groups excluding carboxylic acids is 1. The summed E-state index contributed by atoms with van der Waals surface area (Å²) in [6, 6.07) is 5.12. The zero-order valence-corrected chi connectivity index (χ0v) is 11.5. The van der Waals surface area contributed by atoms with E-state index in [4.69, 9.17) is 22.1 Å². The molecule has 0 radical (unpaired) electrons. The first-order valence-corrected chi connectivity index (χ1v) is 5.59. The Morgan fingerprint density at radius 1 is 1.53 bits per heavy atom. The third kappa shape index (κ3) is 4.94. The molecule has 0 heterocycles. The van der Waals surface area contributed by atoms with Crippen LogP contribution in [0.5, 0.6) is 0 Å². The molecule has 0 aliphatic carbocycles. The molecule has 17 heavy (non-hydrogen) atoms. The van der Waals surface area contributed by atoms with E-state index in [0.717, 1.165) is 11.1 Å². The van der Waals surface area contributed by atoms with Crippen molar-refractivity contribution in [3.63, 3.8) is 0 Å². The van der Waals surface area contributed by atoms with Gasteiger partial charge in [0.25, 0.3) is 0 Å². The van der Waals surface area contributed by atoms with Crippen molar-refractivity contribution >= 4 is 30.0 Å². The molecule has 0 spiro atoms. The summed E-state index contributed by atoms with van der Waals surface area (Å²) in [4.78, 5) is 11.3. The monoisotopic (exact) mass is 277 g/mol. The van der Waals surface area contributed by atoms with Gasteiger partial charge < -0.3 is 10.5 Å². The molecule has 1 rings (SSSR count). The smallest absolute Gasteiger partial charge is 0.307 e. The maximum absolute atomic E-state index is 11.3. The van der Waals surface area contributed by atoms with Gasteiger partial charge in [-0.2, -0.15) is 0 Å². The first-order chi connectivity index (χ1) is 7.54. The molecule has 3 nitrogen and oxygen atoms in total. The lowest BCUT2D eigenvalue weighted by molar-refractivity contribution is -0.143. The van der Waals surface area contributed by atoms with Gasteiger partial charge in [0.2, 0.25) is 0 Å². The van der Waals surface area contributed by atoms with Crippen LogP contribution in [-0.2, 0) is 9.53 Å². The van der Waals surface area contributed by atoms with E-state index in [1.165, 1.54) is 0 Å². The summed E-state index contributed by atoms with van der Waals surface area (Å²) >= 11 is 5.84. The number of ether oxygens (including phenoxy) is 1. The predicted octanol–water partition coefficient (Wildman–Crippen LogP) is 3.02. The summed E-state index contributed by atoms with van der Waals surface area (Å²) in [5, 5.41) is 0.671. The van der Waals surface area contributed by atoms with Crippen LogP contribution in [0.2, 0.25) is 5.02 Å². The normalized spacial score (nSPS) is 11.5. The number of nitrogens with two attached hydrogens (primary N) is 1. The van der Waals surface area contributed by atoms with Crippen LogP contribution in [0.3, 0.4) is 0 Å². The van der Waals surface area contributed by atoms with Crippen LogP contribution in [0.1, 0.15) is 30.5 Å². The molecule has 0 bridgehead atoms. The summed E-state index contributed by atoms with van der Waals surface area (Å²) in [7, 11) is 0. The number of halogens is 2. The van der Waals surface area contributed by atoms with E-state index in [-0.39, 0.29) is 30.8 Å². The molecule has 96 valence electrons. The Labute approximate surface area is 113 Å². The lowest BCUT2D eigenvalue weighted by Crippen LogP contribution is -2.18. The fourth-order valence-corrected chi connectivity index (χ4v) is 1.79. The van der Waals surface area contributed by atoms with Gasteiger partial charge in [-0.1, -0.05) is 17.7 Å². The van der Waals surface area contributed by atoms with Gasteiger partial charge in [0.05, 0.1) is 13.0 Å². The third-order valence-corrected chi connectivity index (χ3v) is 2.56. The van der Waals surface area contributed by atoms with Gasteiger partial charge >= 0.3 is 5.97 Å². The molecule has 0 aliphatic heterocycles. The molecule has 0 saturated carbocycles. The van der Waals surface area contributed by atoms with Crippen LogP contribution < -0.4 is 5.73 Å². The fraction of sp³-hybridized carbons (Fsp3) is 0.417. The van der Waals surface area contributed by atoms with Crippen molar-refractivity contribution in [1.29, 1.82) is 0 Å². The number of hydrogen-bond donors (Lipinski definition) is 1. The second-order valence-electron chi connectivity index (χ2n) is 3.62. The number of esters is 1. The molecule has 0 saturated heterocycles. The van der Waals surface area contributed by atoms with Crippen LogP contribution in [0.25, 0.3) is 0 Å². The van der Waals surface area contributed by atoms with Crippen molar-refractivity contribution < 1.29 is 9.53 Å². The number of hydrogen-bond acceptors (Lipinski definition) is 3. The highest BCUT2D eigenvalue weighted by Crippen LogP contribution is 2.22. The Morgan fingerprint density at radius 2 is 2.18 bits per heavy atom. The lowest BCUT2D eigenvalue weighted by atomic mass is 10.00. The second-order valence-corrected chi connectivity index (χ2v) is 4.05. The minimum absolute atomic E-state index is 0. The number of aryl methyl sites for hydroxylation is 1. The zero-order valence-electron chi connectivity index (χ0n) is 9.90. The first-order valence-electron chi connectivity index (χ1n) is 5.21. The van der Waals surface area contributed by atoms with Crippen LogP contribution >= 0.6 is 24.0 Å². The summed E-state index contributed by atoms with van der Waals surface area (Å²) in [6.45, 7) is 4.08. The van der Waals surface area contributed by atoms with Gasteiger partial charge in [-0.05, 0) is 37.1 Å². The van der Waals surface area contributed by atoms with E-state index in [9.17, 15) is 4.79 Å². The average Bonchev–Trinajstić information content (AvgIpc) is 2.17. The topological polar surface area (TPSA) is 52.3 Å². The maximum atomic E-state index is 11.3. The molecular formula is C12H17Cl2NO2. The molecule has 0 fully saturated rings. The molecule has 0 aromatic heterocycles. The number of benzene rings is 1. The van der Waals surface area contributed by atoms with Crippen molar-refractivity contribution in [1.82, 2.24) is 0 Å². The Bertz CT molecular complexity index is 383. The highest BCUT2D eigenvalue weighted by atomic mass is 35.5. The highest BCUT2D eigenvalue weighted by Gasteiger charge is 2.14. The van der Waals surface area contributed by atoms with E-state index in [2.05, 4.69) is 0 Å². The van der Waals surface area contributed by atoms with Crippen LogP contribution in [0.15, 0.2) is 18.2 Å². The molecular weight excluding hydrogens is 261 g/mol. The number of carbonyl (C=O) groups is 1. The van der Waals surface area contributed by atoms with Crippen LogP contribution in [0.4, 0.5) is 0 Å². The minimum Gasteiger partial charge on any atom is -0.466 e. The summed E-state index contributed by atoms with van der Waals surface area (Å²) in [5.74, 6) is -0.274. The predicted molar refractivity (Wildman–Crippen MR) is 71.6 cm³/mol. The Morgan fingerprint density at radius 3 is 2.71 bits per heavy atom. The molecule has 5 heteroatoms. The van der Waals surface area contributed by atoms with Crippen molar-refractivity contribution in [2.75, 3.05) is 6.61 Å². The highest BCUT2D eigenvalue weighted by molar-refractivity contribution is 6.30. The maximum Gasteiger partial charge on any atom is 0.307 e. The van der Waals surface area contributed by atoms with Gasteiger partial charge in [0.15, 0.2) is 0 Å². The van der Waals surface area contributed by atoms with E-state index in [1.807, 2.05) is 19.1 Å². The van der Waals surface area contributed by atoms with Gasteiger partial charge in [-0.25, -0.2) is 0 Å². The SMILES string of the molecule is CCOC(=O)C[C@H](N)c1ccc(Cl)cc1C.Cl. The molecule has 1 aromatic carbocycles. The summed E-state index contributed by atoms with van der Waals surface area (Å²) in [6.07, 6.45) is 0.191. The standard InChI is InChI=1S/C12H16ClNO2.ClH/c1-3-16-12(15)7-11(14)10-5-4-9(13)6-8(10)2;/h4-6,11H,3,7,14H2,1-2H3;1H/t11-;/m0./s1. The van der Waals surface area contributed by atoms with Crippen molar-refractivity contribution in [2.24, 2.45) is 5.73 Å². The van der Waals surface area contributed by atoms with E-state index in [1.54, 1.807) is 13.0 Å². The third-order valence-electron chi connectivity index (χ3n) is 2.32. The van der Waals surface area contributed by atoms with Gasteiger partial charge in [0, 0.05) is 11.1 Å². The summed E-state index contributed by atoms with van der Waals surface area (Å²) < 4.78 is 4.85. The Hall–Kier alpha value is -0.770. The lowest BCUT2D eigenvalue weighted by Gasteiger charge is -2.14. The van der Waals surface area contributed by atoms with Gasteiger partial charge in [0.1, 0.15) is 0 Å². The van der Waals surface area contributed by atoms with E-state index in [0.29, 0.717) is 11.6 Å². The van der Waals surface area contributed by atoms with Crippen molar-refractivity contribution in [3.8, 4) is 0 Å². The fourth-order valence-electron chi connectivity index (χ4n) is 1.56. The molecule has 0 amide bonds. The second kappa shape index (κ2) is 7.54. The van der Waals surface area contributed by atoms with Crippen molar-refractivity contribution in [3.05, 3.63) is 34.3 Å². The quantitative estimate of drug-likeness (QED) is 0.861. The molecule has 1 atom stereocenters. The molecule has 0 aliphatic rings. The Balaban J connectivity index is 0.00000256. The molecule has 1 aromatic rings. The van der Waals surface area contributed by atoms with E-state index >= 15 is 0 Å². The number of rotatable bonds is 4. The zero-order chi connectivity index (χ0) is 12.1. The average molecular weight is 278 g/mol. The largest absolute Gasteiger partial charge is 0.466 e. The summed E-state index contributed by atoms with van der Waals surface area (Å²) in [5.41, 5.74) is 7.85. The van der Waals surface area contributed by atoms with Gasteiger partial charge in [-0.3, -0.25) is 4.79 Å². The molecule has 2 N–H and O–H groups in total. The minimum atomic E-state index is -0.337. The first kappa shape index (κ1) is 16.2. The van der Waals surface area contributed by atoms with E-state index < -0.39 is 0 Å². The van der Waals surface area contributed by atoms with Crippen molar-refractivity contribution in [2.45, 2.75) is 26.3 Å².